The molecule has 0 bridgehead atoms. The number of rotatable bonds is 0. The van der Waals surface area contributed by atoms with Crippen LogP contribution in [-0.2, 0) is 10.2 Å². The fraction of sp³-hybridized carbons (Fsp3) is 0.150. The summed E-state index contributed by atoms with van der Waals surface area (Å²) in [6.45, 7) is 0.372. The number of benzene rings is 3. The molecule has 2 aliphatic heterocycles. The number of hydrogen-bond acceptors (Lipinski definition) is 2. The van der Waals surface area contributed by atoms with E-state index in [1.54, 1.807) is 4.90 Å². The SMILES string of the molecule is CN1C(=O)C2(COc3c2ccc2ccccc32)c2ccccc21. The number of likely N-dealkylation sites (N-methyl/N-ethyl adjacent to an activating group) is 1. The maximum Gasteiger partial charge on any atom is 0.245 e. The Hall–Kier alpha value is -2.81. The average molecular weight is 301 g/mol. The highest BCUT2D eigenvalue weighted by Gasteiger charge is 2.56. The van der Waals surface area contributed by atoms with Crippen LogP contribution in [0.25, 0.3) is 10.8 Å². The molecule has 0 aliphatic carbocycles. The molecule has 2 aliphatic rings. The first kappa shape index (κ1) is 12.7. The first-order chi connectivity index (χ1) is 11.2. The van der Waals surface area contributed by atoms with Crippen molar-refractivity contribution in [2.75, 3.05) is 18.6 Å². The normalized spacial score (nSPS) is 21.6. The lowest BCUT2D eigenvalue weighted by atomic mass is 9.76. The quantitative estimate of drug-likeness (QED) is 0.636. The summed E-state index contributed by atoms with van der Waals surface area (Å²) >= 11 is 0. The Morgan fingerprint density at radius 2 is 1.74 bits per heavy atom. The number of carbonyl (C=O) groups is 1. The lowest BCUT2D eigenvalue weighted by molar-refractivity contribution is -0.121. The monoisotopic (exact) mass is 301 g/mol. The Balaban J connectivity index is 1.86. The maximum absolute atomic E-state index is 13.1. The van der Waals surface area contributed by atoms with Crippen molar-refractivity contribution in [3.05, 3.63) is 71.8 Å². The van der Waals surface area contributed by atoms with Gasteiger partial charge in [-0.3, -0.25) is 4.79 Å². The van der Waals surface area contributed by atoms with E-state index in [9.17, 15) is 4.79 Å². The molecular weight excluding hydrogens is 286 g/mol. The predicted octanol–water partition coefficient (Wildman–Crippen LogP) is 3.49. The molecule has 112 valence electrons. The third kappa shape index (κ3) is 1.38. The van der Waals surface area contributed by atoms with Gasteiger partial charge in [0, 0.05) is 23.7 Å². The van der Waals surface area contributed by atoms with Crippen LogP contribution in [0.2, 0.25) is 0 Å². The molecule has 0 saturated heterocycles. The van der Waals surface area contributed by atoms with E-state index in [4.69, 9.17) is 4.74 Å². The van der Waals surface area contributed by atoms with Crippen LogP contribution in [0.1, 0.15) is 11.1 Å². The first-order valence-corrected chi connectivity index (χ1v) is 7.76. The number of ether oxygens (including phenoxy) is 1. The second kappa shape index (κ2) is 4.13. The van der Waals surface area contributed by atoms with Crippen molar-refractivity contribution in [3.63, 3.8) is 0 Å². The lowest BCUT2D eigenvalue weighted by Gasteiger charge is -2.21. The second-order valence-electron chi connectivity index (χ2n) is 6.24. The summed E-state index contributed by atoms with van der Waals surface area (Å²) in [6, 6.07) is 20.3. The first-order valence-electron chi connectivity index (χ1n) is 7.76. The van der Waals surface area contributed by atoms with Crippen LogP contribution >= 0.6 is 0 Å². The number of hydrogen-bond donors (Lipinski definition) is 0. The molecule has 0 aromatic heterocycles. The Kier molecular flexibility index (Phi) is 2.28. The highest BCUT2D eigenvalue weighted by Crippen LogP contribution is 2.53. The van der Waals surface area contributed by atoms with Gasteiger partial charge in [-0.15, -0.1) is 0 Å². The summed E-state index contributed by atoms with van der Waals surface area (Å²) in [7, 11) is 1.84. The van der Waals surface area contributed by atoms with E-state index >= 15 is 0 Å². The largest absolute Gasteiger partial charge is 0.491 e. The Bertz CT molecular complexity index is 978. The fourth-order valence-electron chi connectivity index (χ4n) is 4.03. The van der Waals surface area contributed by atoms with Gasteiger partial charge in [0.2, 0.25) is 5.91 Å². The number of fused-ring (bicyclic) bond motifs is 6. The van der Waals surface area contributed by atoms with E-state index in [2.05, 4.69) is 24.3 Å². The molecule has 0 radical (unpaired) electrons. The zero-order valence-corrected chi connectivity index (χ0v) is 12.7. The van der Waals surface area contributed by atoms with Crippen LogP contribution < -0.4 is 9.64 Å². The van der Waals surface area contributed by atoms with E-state index in [-0.39, 0.29) is 5.91 Å². The lowest BCUT2D eigenvalue weighted by Crippen LogP contribution is -2.40. The van der Waals surface area contributed by atoms with Gasteiger partial charge in [-0.1, -0.05) is 54.6 Å². The van der Waals surface area contributed by atoms with Gasteiger partial charge in [-0.25, -0.2) is 0 Å². The molecule has 3 nitrogen and oxygen atoms in total. The molecular formula is C20H15NO2. The number of para-hydroxylation sites is 1. The molecule has 0 N–H and O–H groups in total. The van der Waals surface area contributed by atoms with Gasteiger partial charge >= 0.3 is 0 Å². The van der Waals surface area contributed by atoms with Crippen molar-refractivity contribution >= 4 is 22.4 Å². The van der Waals surface area contributed by atoms with Crippen LogP contribution in [0, 0.1) is 0 Å². The molecule has 3 heteroatoms. The van der Waals surface area contributed by atoms with E-state index in [0.29, 0.717) is 6.61 Å². The molecule has 0 saturated carbocycles. The van der Waals surface area contributed by atoms with Gasteiger partial charge < -0.3 is 9.64 Å². The Morgan fingerprint density at radius 3 is 2.65 bits per heavy atom. The summed E-state index contributed by atoms with van der Waals surface area (Å²) in [5, 5.41) is 2.21. The number of carbonyl (C=O) groups excluding carboxylic acids is 1. The van der Waals surface area contributed by atoms with Crippen molar-refractivity contribution in [1.29, 1.82) is 0 Å². The topological polar surface area (TPSA) is 29.5 Å². The second-order valence-corrected chi connectivity index (χ2v) is 6.24. The Morgan fingerprint density at radius 1 is 0.957 bits per heavy atom. The van der Waals surface area contributed by atoms with Gasteiger partial charge in [0.15, 0.2) is 0 Å². The van der Waals surface area contributed by atoms with Crippen molar-refractivity contribution in [1.82, 2.24) is 0 Å². The number of anilines is 1. The third-order valence-electron chi connectivity index (χ3n) is 5.17. The van der Waals surface area contributed by atoms with Crippen molar-refractivity contribution in [2.45, 2.75) is 5.41 Å². The standard InChI is InChI=1S/C20H15NO2/c1-21-17-9-5-4-8-15(17)20(19(21)22)12-23-18-14-7-3-2-6-13(14)10-11-16(18)20/h2-11H,12H2,1H3. The average Bonchev–Trinajstić information content (AvgIpc) is 3.10. The van der Waals surface area contributed by atoms with E-state index in [1.165, 1.54) is 0 Å². The summed E-state index contributed by atoms with van der Waals surface area (Å²) in [4.78, 5) is 14.9. The molecule has 1 spiro atoms. The zero-order valence-electron chi connectivity index (χ0n) is 12.7. The van der Waals surface area contributed by atoms with Crippen LogP contribution in [0.15, 0.2) is 60.7 Å². The van der Waals surface area contributed by atoms with Crippen molar-refractivity contribution in [3.8, 4) is 5.75 Å². The minimum absolute atomic E-state index is 0.0905. The summed E-state index contributed by atoms with van der Waals surface area (Å²) in [5.74, 6) is 0.939. The van der Waals surface area contributed by atoms with Crippen LogP contribution in [0.3, 0.4) is 0 Å². The van der Waals surface area contributed by atoms with Gasteiger partial charge in [0.1, 0.15) is 17.8 Å². The zero-order chi connectivity index (χ0) is 15.6. The molecule has 3 aromatic rings. The summed E-state index contributed by atoms with van der Waals surface area (Å²) in [5.41, 5.74) is 2.30. The highest BCUT2D eigenvalue weighted by atomic mass is 16.5. The van der Waals surface area contributed by atoms with E-state index in [1.807, 2.05) is 43.4 Å². The molecule has 5 rings (SSSR count). The molecule has 1 atom stereocenters. The van der Waals surface area contributed by atoms with Gasteiger partial charge in [-0.2, -0.15) is 0 Å². The predicted molar refractivity (Wildman–Crippen MR) is 90.1 cm³/mol. The molecule has 1 amide bonds. The van der Waals surface area contributed by atoms with Crippen LogP contribution in [-0.4, -0.2) is 19.6 Å². The Labute approximate surface area is 134 Å². The minimum Gasteiger partial charge on any atom is -0.491 e. The van der Waals surface area contributed by atoms with Crippen LogP contribution in [0.4, 0.5) is 5.69 Å². The third-order valence-corrected chi connectivity index (χ3v) is 5.17. The minimum atomic E-state index is -0.704. The van der Waals surface area contributed by atoms with Crippen molar-refractivity contribution in [2.24, 2.45) is 0 Å². The summed E-state index contributed by atoms with van der Waals surface area (Å²) < 4.78 is 6.08. The van der Waals surface area contributed by atoms with E-state index in [0.717, 1.165) is 33.3 Å². The fourth-order valence-corrected chi connectivity index (χ4v) is 4.03. The van der Waals surface area contributed by atoms with Crippen LogP contribution in [0.5, 0.6) is 5.75 Å². The van der Waals surface area contributed by atoms with E-state index < -0.39 is 5.41 Å². The molecule has 3 aromatic carbocycles. The van der Waals surface area contributed by atoms with Gasteiger partial charge in [0.25, 0.3) is 0 Å². The highest BCUT2D eigenvalue weighted by molar-refractivity contribution is 6.12. The molecule has 1 unspecified atom stereocenters. The maximum atomic E-state index is 13.1. The number of amides is 1. The summed E-state index contributed by atoms with van der Waals surface area (Å²) in [6.07, 6.45) is 0. The van der Waals surface area contributed by atoms with Gasteiger partial charge in [0.05, 0.1) is 0 Å². The smallest absolute Gasteiger partial charge is 0.245 e. The van der Waals surface area contributed by atoms with Crippen molar-refractivity contribution < 1.29 is 9.53 Å². The molecule has 23 heavy (non-hydrogen) atoms. The van der Waals surface area contributed by atoms with Gasteiger partial charge in [-0.05, 0) is 17.0 Å². The number of nitrogens with zero attached hydrogens (tertiary/aromatic N) is 1. The molecule has 0 fully saturated rings. The molecule has 2 heterocycles.